The van der Waals surface area contributed by atoms with Crippen molar-refractivity contribution >= 4 is 23.2 Å². The summed E-state index contributed by atoms with van der Waals surface area (Å²) in [5, 5.41) is 17.3. The molecular weight excluding hydrogens is 481 g/mol. The van der Waals surface area contributed by atoms with Crippen LogP contribution < -0.4 is 10.6 Å². The fraction of sp³-hybridized carbons (Fsp3) is 0.542. The maximum atomic E-state index is 12.8. The van der Waals surface area contributed by atoms with Crippen LogP contribution in [-0.4, -0.2) is 58.5 Å². The van der Waals surface area contributed by atoms with Gasteiger partial charge in [0.15, 0.2) is 0 Å². The van der Waals surface area contributed by atoms with Gasteiger partial charge in [-0.3, -0.25) is 14.5 Å². The van der Waals surface area contributed by atoms with Crippen molar-refractivity contribution in [3.05, 3.63) is 51.5 Å². The van der Waals surface area contributed by atoms with Crippen LogP contribution in [0, 0.1) is 6.92 Å². The summed E-state index contributed by atoms with van der Waals surface area (Å²) >= 11 is 1.54. The molecule has 2 fully saturated rings. The van der Waals surface area contributed by atoms with Gasteiger partial charge in [0.1, 0.15) is 5.60 Å². The summed E-state index contributed by atoms with van der Waals surface area (Å²) in [4.78, 5) is 32.0. The molecule has 35 heavy (non-hydrogen) atoms. The van der Waals surface area contributed by atoms with E-state index in [1.54, 1.807) is 6.20 Å². The molecule has 1 saturated carbocycles. The quantitative estimate of drug-likeness (QED) is 0.555. The van der Waals surface area contributed by atoms with Crippen LogP contribution in [0.15, 0.2) is 30.5 Å². The van der Waals surface area contributed by atoms with Crippen LogP contribution in [0.3, 0.4) is 0 Å². The van der Waals surface area contributed by atoms with E-state index in [-0.39, 0.29) is 24.1 Å². The van der Waals surface area contributed by atoms with Gasteiger partial charge in [-0.05, 0) is 57.2 Å². The monoisotopic (exact) mass is 510 g/mol. The molecule has 1 saturated heterocycles. The van der Waals surface area contributed by atoms with Crippen molar-refractivity contribution in [2.45, 2.75) is 62.9 Å². The molecule has 2 aromatic rings. The molecular formula is C24H29F3N4O3S. The highest BCUT2D eigenvalue weighted by molar-refractivity contribution is 7.11. The number of halogens is 3. The Kier molecular flexibility index (Phi) is 7.48. The predicted octanol–water partition coefficient (Wildman–Crippen LogP) is 3.22. The number of nitrogens with one attached hydrogen (secondary N) is 2. The second-order valence-electron chi connectivity index (χ2n) is 9.32. The van der Waals surface area contributed by atoms with Crippen molar-refractivity contribution < 1.29 is 27.9 Å². The molecule has 2 heterocycles. The molecule has 3 N–H and O–H groups in total. The molecule has 1 aromatic carbocycles. The number of alkyl halides is 3. The number of aromatic nitrogens is 1. The lowest BCUT2D eigenvalue weighted by Crippen LogP contribution is -2.45. The molecule has 0 radical (unpaired) electrons. The lowest BCUT2D eigenvalue weighted by molar-refractivity contribution is -0.137. The Morgan fingerprint density at radius 3 is 2.66 bits per heavy atom. The zero-order valence-electron chi connectivity index (χ0n) is 19.4. The number of aryl methyl sites for hydroxylation is 1. The number of likely N-dealkylation sites (tertiary alicyclic amines) is 1. The van der Waals surface area contributed by atoms with Crippen LogP contribution in [-0.2, 0) is 16.6 Å². The van der Waals surface area contributed by atoms with Crippen molar-refractivity contribution in [1.82, 2.24) is 20.5 Å². The molecule has 7 nitrogen and oxygen atoms in total. The normalized spacial score (nSPS) is 25.4. The van der Waals surface area contributed by atoms with Gasteiger partial charge in [-0.15, -0.1) is 11.3 Å². The molecule has 1 atom stereocenters. The van der Waals surface area contributed by atoms with Crippen LogP contribution in [0.1, 0.15) is 57.9 Å². The SMILES string of the molecule is Cc1ncc(C2(O)CCC(N3CCC(NC(=O)CNC(=O)c4cccc(C(F)(F)F)c4)C3)CC2)s1. The van der Waals surface area contributed by atoms with Gasteiger partial charge in [0.05, 0.1) is 22.0 Å². The average Bonchev–Trinajstić information content (AvgIpc) is 3.47. The maximum Gasteiger partial charge on any atom is 0.416 e. The average molecular weight is 511 g/mol. The first-order chi connectivity index (χ1) is 16.5. The third kappa shape index (κ3) is 6.20. The van der Waals surface area contributed by atoms with Gasteiger partial charge in [0, 0.05) is 36.9 Å². The minimum Gasteiger partial charge on any atom is -0.384 e. The van der Waals surface area contributed by atoms with E-state index in [0.29, 0.717) is 25.4 Å². The minimum atomic E-state index is -4.54. The van der Waals surface area contributed by atoms with Crippen LogP contribution in [0.4, 0.5) is 13.2 Å². The maximum absolute atomic E-state index is 12.8. The van der Waals surface area contributed by atoms with E-state index in [4.69, 9.17) is 0 Å². The summed E-state index contributed by atoms with van der Waals surface area (Å²) < 4.78 is 38.5. The van der Waals surface area contributed by atoms with Crippen molar-refractivity contribution in [3.8, 4) is 0 Å². The Bertz CT molecular complexity index is 1070. The van der Waals surface area contributed by atoms with Gasteiger partial charge < -0.3 is 15.7 Å². The molecule has 2 amide bonds. The summed E-state index contributed by atoms with van der Waals surface area (Å²) in [6.07, 6.45) is 1.08. The molecule has 0 bridgehead atoms. The van der Waals surface area contributed by atoms with E-state index < -0.39 is 23.2 Å². The van der Waals surface area contributed by atoms with Crippen molar-refractivity contribution in [2.24, 2.45) is 0 Å². The van der Waals surface area contributed by atoms with Crippen LogP contribution >= 0.6 is 11.3 Å². The number of hydrogen-bond acceptors (Lipinski definition) is 6. The standard InChI is InChI=1S/C24H29F3N4O3S/c1-15-28-12-20(35-15)23(34)8-5-19(6-9-23)31-10-7-18(14-31)30-21(32)13-29-22(33)16-3-2-4-17(11-16)24(25,26)27/h2-4,11-12,18-19,34H,5-10,13-14H2,1H3,(H,29,33)(H,30,32). The van der Waals surface area contributed by atoms with Crippen LogP contribution in [0.5, 0.6) is 0 Å². The second kappa shape index (κ2) is 10.2. The van der Waals surface area contributed by atoms with Crippen molar-refractivity contribution in [2.75, 3.05) is 19.6 Å². The second-order valence-corrected chi connectivity index (χ2v) is 10.6. The highest BCUT2D eigenvalue weighted by Gasteiger charge is 2.39. The molecule has 1 unspecified atom stereocenters. The Morgan fingerprint density at radius 2 is 2.00 bits per heavy atom. The minimum absolute atomic E-state index is 0.0575. The first-order valence-corrected chi connectivity index (χ1v) is 12.5. The predicted molar refractivity (Wildman–Crippen MR) is 125 cm³/mol. The molecule has 1 aliphatic heterocycles. The number of carbonyl (C=O) groups excluding carboxylic acids is 2. The summed E-state index contributed by atoms with van der Waals surface area (Å²) in [6.45, 7) is 3.15. The fourth-order valence-corrected chi connectivity index (χ4v) is 5.81. The van der Waals surface area contributed by atoms with Crippen molar-refractivity contribution in [3.63, 3.8) is 0 Å². The van der Waals surface area contributed by atoms with Crippen LogP contribution in [0.2, 0.25) is 0 Å². The fourth-order valence-electron chi connectivity index (χ4n) is 4.88. The summed E-state index contributed by atoms with van der Waals surface area (Å²) in [5.41, 5.74) is -1.87. The lowest BCUT2D eigenvalue weighted by atomic mass is 9.81. The van der Waals surface area contributed by atoms with E-state index in [0.717, 1.165) is 53.9 Å². The van der Waals surface area contributed by atoms with Gasteiger partial charge >= 0.3 is 6.18 Å². The first-order valence-electron chi connectivity index (χ1n) is 11.7. The third-order valence-corrected chi connectivity index (χ3v) is 7.93. The molecule has 4 rings (SSSR count). The molecule has 190 valence electrons. The number of amides is 2. The molecule has 1 aliphatic carbocycles. The van der Waals surface area contributed by atoms with E-state index in [2.05, 4.69) is 20.5 Å². The van der Waals surface area contributed by atoms with E-state index in [1.165, 1.54) is 17.4 Å². The van der Waals surface area contributed by atoms with Gasteiger partial charge in [0.2, 0.25) is 5.91 Å². The third-order valence-electron chi connectivity index (χ3n) is 6.82. The Balaban J connectivity index is 1.21. The summed E-state index contributed by atoms with van der Waals surface area (Å²) in [6, 6.07) is 4.38. The highest BCUT2D eigenvalue weighted by atomic mass is 32.1. The Labute approximate surface area is 205 Å². The molecule has 0 spiro atoms. The number of thiazole rings is 1. The van der Waals surface area contributed by atoms with Gasteiger partial charge in [-0.1, -0.05) is 6.07 Å². The topological polar surface area (TPSA) is 94.6 Å². The first kappa shape index (κ1) is 25.6. The van der Waals surface area contributed by atoms with E-state index >= 15 is 0 Å². The number of benzene rings is 1. The number of carbonyl (C=O) groups is 2. The molecule has 1 aromatic heterocycles. The number of aliphatic hydroxyl groups is 1. The highest BCUT2D eigenvalue weighted by Crippen LogP contribution is 2.41. The number of rotatable bonds is 6. The zero-order chi connectivity index (χ0) is 25.2. The van der Waals surface area contributed by atoms with Gasteiger partial charge in [-0.2, -0.15) is 13.2 Å². The van der Waals surface area contributed by atoms with E-state index in [9.17, 15) is 27.9 Å². The van der Waals surface area contributed by atoms with Gasteiger partial charge in [0.25, 0.3) is 5.91 Å². The Morgan fingerprint density at radius 1 is 1.26 bits per heavy atom. The van der Waals surface area contributed by atoms with Crippen molar-refractivity contribution in [1.29, 1.82) is 0 Å². The smallest absolute Gasteiger partial charge is 0.384 e. The molecule has 11 heteroatoms. The van der Waals surface area contributed by atoms with E-state index in [1.807, 2.05) is 6.92 Å². The number of nitrogens with zero attached hydrogens (tertiary/aromatic N) is 2. The zero-order valence-corrected chi connectivity index (χ0v) is 20.2. The van der Waals surface area contributed by atoms with Gasteiger partial charge in [-0.25, -0.2) is 4.98 Å². The Hall–Kier alpha value is -2.50. The lowest BCUT2D eigenvalue weighted by Gasteiger charge is -2.39. The molecule has 2 aliphatic rings. The number of hydrogen-bond donors (Lipinski definition) is 3. The summed E-state index contributed by atoms with van der Waals surface area (Å²) in [5.74, 6) is -1.11. The summed E-state index contributed by atoms with van der Waals surface area (Å²) in [7, 11) is 0. The van der Waals surface area contributed by atoms with Crippen LogP contribution in [0.25, 0.3) is 0 Å². The largest absolute Gasteiger partial charge is 0.416 e.